The van der Waals surface area contributed by atoms with E-state index in [1.54, 1.807) is 23.5 Å². The first-order chi connectivity index (χ1) is 10.7. The summed E-state index contributed by atoms with van der Waals surface area (Å²) in [6.07, 6.45) is 4.65. The molecule has 3 rings (SSSR count). The minimum absolute atomic E-state index is 0.0308. The molecular formula is C18H20FNOS. The lowest BCUT2D eigenvalue weighted by molar-refractivity contribution is 0.0955. The lowest BCUT2D eigenvalue weighted by atomic mass is 9.87. The Hall–Kier alpha value is -1.68. The molecule has 0 radical (unpaired) electrons. The highest BCUT2D eigenvalue weighted by atomic mass is 32.1. The van der Waals surface area contributed by atoms with Crippen LogP contribution in [0.15, 0.2) is 30.3 Å². The van der Waals surface area contributed by atoms with Crippen LogP contribution in [0.1, 0.15) is 45.4 Å². The molecule has 1 atom stereocenters. The summed E-state index contributed by atoms with van der Waals surface area (Å²) in [6, 6.07) is 8.27. The van der Waals surface area contributed by atoms with E-state index in [2.05, 4.69) is 18.3 Å². The molecule has 1 aromatic carbocycles. The van der Waals surface area contributed by atoms with E-state index in [1.807, 2.05) is 0 Å². The van der Waals surface area contributed by atoms with E-state index in [9.17, 15) is 9.18 Å². The lowest BCUT2D eigenvalue weighted by Crippen LogP contribution is -2.21. The summed E-state index contributed by atoms with van der Waals surface area (Å²) >= 11 is 1.62. The number of aryl methyl sites for hydroxylation is 1. The molecule has 1 amide bonds. The van der Waals surface area contributed by atoms with Crippen LogP contribution in [0.4, 0.5) is 4.39 Å². The fourth-order valence-corrected chi connectivity index (χ4v) is 4.06. The Morgan fingerprint density at radius 1 is 1.36 bits per heavy atom. The molecule has 1 aliphatic carbocycles. The number of thiophene rings is 1. The molecule has 0 bridgehead atoms. The maximum Gasteiger partial charge on any atom is 0.261 e. The van der Waals surface area contributed by atoms with Gasteiger partial charge in [0.2, 0.25) is 0 Å². The Bertz CT molecular complexity index is 662. The van der Waals surface area contributed by atoms with Crippen molar-refractivity contribution >= 4 is 17.2 Å². The maximum atomic E-state index is 12.9. The van der Waals surface area contributed by atoms with E-state index < -0.39 is 0 Å². The average Bonchev–Trinajstić information content (AvgIpc) is 2.97. The van der Waals surface area contributed by atoms with Crippen molar-refractivity contribution in [3.05, 3.63) is 57.0 Å². The first-order valence-corrected chi connectivity index (χ1v) is 8.61. The molecule has 0 spiro atoms. The van der Waals surface area contributed by atoms with Crippen molar-refractivity contribution in [1.29, 1.82) is 0 Å². The summed E-state index contributed by atoms with van der Waals surface area (Å²) in [7, 11) is 0. The van der Waals surface area contributed by atoms with Crippen LogP contribution in [0.2, 0.25) is 0 Å². The molecule has 2 aromatic rings. The largest absolute Gasteiger partial charge is 0.347 e. The second-order valence-corrected chi connectivity index (χ2v) is 7.02. The zero-order valence-electron chi connectivity index (χ0n) is 12.7. The van der Waals surface area contributed by atoms with Crippen LogP contribution in [0.3, 0.4) is 0 Å². The highest BCUT2D eigenvalue weighted by Crippen LogP contribution is 2.33. The number of benzene rings is 1. The predicted molar refractivity (Wildman–Crippen MR) is 87.7 cm³/mol. The molecule has 1 aliphatic rings. The van der Waals surface area contributed by atoms with E-state index in [4.69, 9.17) is 0 Å². The molecule has 0 saturated heterocycles. The van der Waals surface area contributed by atoms with Crippen LogP contribution >= 0.6 is 11.3 Å². The van der Waals surface area contributed by atoms with Gasteiger partial charge >= 0.3 is 0 Å². The summed E-state index contributed by atoms with van der Waals surface area (Å²) in [5, 5.41) is 2.92. The zero-order chi connectivity index (χ0) is 15.5. The number of fused-ring (bicyclic) bond motifs is 1. The predicted octanol–water partition coefficient (Wildman–Crippen LogP) is 4.33. The number of nitrogens with one attached hydrogen (secondary N) is 1. The van der Waals surface area contributed by atoms with Gasteiger partial charge in [-0.3, -0.25) is 4.79 Å². The summed E-state index contributed by atoms with van der Waals surface area (Å²) in [4.78, 5) is 14.4. The van der Waals surface area contributed by atoms with Crippen LogP contribution < -0.4 is 5.32 Å². The normalized spacial score (nSPS) is 17.1. The Kier molecular flexibility index (Phi) is 4.57. The smallest absolute Gasteiger partial charge is 0.261 e. The molecule has 4 heteroatoms. The van der Waals surface area contributed by atoms with Crippen LogP contribution in [0.5, 0.6) is 0 Å². The summed E-state index contributed by atoms with van der Waals surface area (Å²) in [5.74, 6) is 0.473. The van der Waals surface area contributed by atoms with Crippen LogP contribution in [0, 0.1) is 11.7 Å². The number of carbonyl (C=O) groups is 1. The number of halogens is 1. The first kappa shape index (κ1) is 15.2. The van der Waals surface area contributed by atoms with Crippen molar-refractivity contribution in [2.75, 3.05) is 0 Å². The summed E-state index contributed by atoms with van der Waals surface area (Å²) in [5.41, 5.74) is 2.26. The molecule has 1 heterocycles. The number of hydrogen-bond acceptors (Lipinski definition) is 2. The van der Waals surface area contributed by atoms with Gasteiger partial charge in [-0.2, -0.15) is 0 Å². The number of carbonyl (C=O) groups excluding carboxylic acids is 1. The quantitative estimate of drug-likeness (QED) is 0.893. The van der Waals surface area contributed by atoms with Crippen LogP contribution in [0.25, 0.3) is 0 Å². The van der Waals surface area contributed by atoms with Gasteiger partial charge in [-0.25, -0.2) is 4.39 Å². The number of amides is 1. The van der Waals surface area contributed by atoms with Crippen molar-refractivity contribution in [3.63, 3.8) is 0 Å². The third-order valence-corrected chi connectivity index (χ3v) is 5.59. The molecular weight excluding hydrogens is 297 g/mol. The van der Waals surface area contributed by atoms with E-state index in [-0.39, 0.29) is 11.7 Å². The lowest BCUT2D eigenvalue weighted by Gasteiger charge is -2.19. The van der Waals surface area contributed by atoms with Gasteiger partial charge in [-0.05, 0) is 54.5 Å². The molecule has 0 aliphatic heterocycles. The standard InChI is InChI=1S/C18H20FNOS/c1-2-12-5-8-16-14(9-12)10-17(22-16)18(21)20-11-13-3-6-15(19)7-4-13/h3-4,6-7,10,12H,2,5,8-9,11H2,1H3,(H,20,21)/t12-/m0/s1. The van der Waals surface area contributed by atoms with Gasteiger partial charge in [0.25, 0.3) is 5.91 Å². The molecule has 116 valence electrons. The fraction of sp³-hybridized carbons (Fsp3) is 0.389. The Balaban J connectivity index is 1.63. The highest BCUT2D eigenvalue weighted by Gasteiger charge is 2.21. The van der Waals surface area contributed by atoms with Crippen molar-refractivity contribution in [2.45, 2.75) is 39.2 Å². The van der Waals surface area contributed by atoms with Crippen molar-refractivity contribution in [3.8, 4) is 0 Å². The van der Waals surface area contributed by atoms with E-state index >= 15 is 0 Å². The molecule has 0 fully saturated rings. The van der Waals surface area contributed by atoms with Crippen molar-refractivity contribution in [2.24, 2.45) is 5.92 Å². The molecule has 0 unspecified atom stereocenters. The van der Waals surface area contributed by atoms with Gasteiger partial charge in [0.15, 0.2) is 0 Å². The summed E-state index contributed by atoms with van der Waals surface area (Å²) in [6.45, 7) is 2.66. The average molecular weight is 317 g/mol. The first-order valence-electron chi connectivity index (χ1n) is 7.80. The maximum absolute atomic E-state index is 12.9. The minimum Gasteiger partial charge on any atom is -0.347 e. The SMILES string of the molecule is CC[C@H]1CCc2sc(C(=O)NCc3ccc(F)cc3)cc2C1. The third-order valence-electron chi connectivity index (χ3n) is 4.35. The van der Waals surface area contributed by atoms with Gasteiger partial charge < -0.3 is 5.32 Å². The van der Waals surface area contributed by atoms with Crippen molar-refractivity contribution in [1.82, 2.24) is 5.32 Å². The third kappa shape index (κ3) is 3.38. The van der Waals surface area contributed by atoms with Gasteiger partial charge in [-0.1, -0.05) is 25.5 Å². The molecule has 1 N–H and O–H groups in total. The van der Waals surface area contributed by atoms with Gasteiger partial charge in [0, 0.05) is 11.4 Å². The second-order valence-electron chi connectivity index (χ2n) is 5.89. The minimum atomic E-state index is -0.258. The molecule has 0 saturated carbocycles. The molecule has 2 nitrogen and oxygen atoms in total. The van der Waals surface area contributed by atoms with Crippen LogP contribution in [-0.4, -0.2) is 5.91 Å². The monoisotopic (exact) mass is 317 g/mol. The molecule has 22 heavy (non-hydrogen) atoms. The summed E-state index contributed by atoms with van der Waals surface area (Å²) < 4.78 is 12.9. The van der Waals surface area contributed by atoms with E-state index in [0.717, 1.165) is 29.2 Å². The van der Waals surface area contributed by atoms with E-state index in [1.165, 1.54) is 35.4 Å². The highest BCUT2D eigenvalue weighted by molar-refractivity contribution is 7.14. The topological polar surface area (TPSA) is 29.1 Å². The zero-order valence-corrected chi connectivity index (χ0v) is 13.5. The molecule has 1 aromatic heterocycles. The number of hydrogen-bond donors (Lipinski definition) is 1. The van der Waals surface area contributed by atoms with Crippen LogP contribution in [-0.2, 0) is 19.4 Å². The fourth-order valence-electron chi connectivity index (χ4n) is 2.93. The Morgan fingerprint density at radius 3 is 2.86 bits per heavy atom. The van der Waals surface area contributed by atoms with Crippen molar-refractivity contribution < 1.29 is 9.18 Å². The number of rotatable bonds is 4. The van der Waals surface area contributed by atoms with Gasteiger partial charge in [0.1, 0.15) is 5.82 Å². The van der Waals surface area contributed by atoms with Gasteiger partial charge in [0.05, 0.1) is 4.88 Å². The second kappa shape index (κ2) is 6.61. The van der Waals surface area contributed by atoms with Gasteiger partial charge in [-0.15, -0.1) is 11.3 Å². The Morgan fingerprint density at radius 2 is 2.14 bits per heavy atom. The Labute approximate surface area is 134 Å². The van der Waals surface area contributed by atoms with E-state index in [0.29, 0.717) is 6.54 Å².